The van der Waals surface area contributed by atoms with Crippen molar-refractivity contribution in [1.29, 1.82) is 0 Å². The Bertz CT molecular complexity index is 628. The number of ether oxygens (including phenoxy) is 1. The maximum Gasteiger partial charge on any atom is 0.194 e. The summed E-state index contributed by atoms with van der Waals surface area (Å²) in [5.41, 5.74) is 1.50. The van der Waals surface area contributed by atoms with Crippen LogP contribution in [0.4, 0.5) is 5.69 Å². The molecule has 3 fully saturated rings. The van der Waals surface area contributed by atoms with E-state index in [0.717, 1.165) is 38.7 Å². The molecule has 1 aliphatic carbocycles. The van der Waals surface area contributed by atoms with Crippen molar-refractivity contribution in [2.75, 3.05) is 44.7 Å². The standard InChI is InChI=1S/C20H30N4O.HI/c1-20(2)17(16-9-14-25-18(16)20)22-19(21-3)24-12-10-23(11-13-24)15-7-5-4-6-8-15;/h4-8,16-18H,9-14H2,1-3H3,(H,21,22);1H. The van der Waals surface area contributed by atoms with E-state index in [-0.39, 0.29) is 29.4 Å². The van der Waals surface area contributed by atoms with Gasteiger partial charge in [-0.1, -0.05) is 32.0 Å². The maximum atomic E-state index is 5.92. The van der Waals surface area contributed by atoms with Crippen LogP contribution in [0.2, 0.25) is 0 Å². The minimum Gasteiger partial charge on any atom is -0.377 e. The van der Waals surface area contributed by atoms with Gasteiger partial charge in [0.15, 0.2) is 5.96 Å². The number of hydrogen-bond acceptors (Lipinski definition) is 3. The first-order valence-electron chi connectivity index (χ1n) is 9.51. The summed E-state index contributed by atoms with van der Waals surface area (Å²) in [6, 6.07) is 11.2. The van der Waals surface area contributed by atoms with Gasteiger partial charge in [-0.05, 0) is 18.6 Å². The van der Waals surface area contributed by atoms with Crippen molar-refractivity contribution in [2.24, 2.45) is 16.3 Å². The molecule has 1 aromatic carbocycles. The van der Waals surface area contributed by atoms with Gasteiger partial charge in [0.2, 0.25) is 0 Å². The minimum absolute atomic E-state index is 0. The Morgan fingerprint density at radius 2 is 1.85 bits per heavy atom. The van der Waals surface area contributed by atoms with Crippen LogP contribution in [0.3, 0.4) is 0 Å². The molecule has 0 bridgehead atoms. The zero-order valence-electron chi connectivity index (χ0n) is 16.0. The third-order valence-corrected chi connectivity index (χ3v) is 6.30. The lowest BCUT2D eigenvalue weighted by atomic mass is 9.57. The second kappa shape index (κ2) is 7.92. The van der Waals surface area contributed by atoms with Crippen molar-refractivity contribution in [1.82, 2.24) is 10.2 Å². The predicted octanol–water partition coefficient (Wildman–Crippen LogP) is 2.82. The fourth-order valence-electron chi connectivity index (χ4n) is 4.87. The highest BCUT2D eigenvalue weighted by Gasteiger charge is 2.59. The number of benzene rings is 1. The minimum atomic E-state index is 0. The molecule has 3 unspecified atom stereocenters. The van der Waals surface area contributed by atoms with Crippen LogP contribution in [0, 0.1) is 11.3 Å². The Balaban J connectivity index is 0.00000196. The Labute approximate surface area is 174 Å². The lowest BCUT2D eigenvalue weighted by molar-refractivity contribution is -0.107. The van der Waals surface area contributed by atoms with Gasteiger partial charge in [0, 0.05) is 62.9 Å². The van der Waals surface area contributed by atoms with Crippen LogP contribution in [-0.4, -0.2) is 62.8 Å². The molecule has 4 rings (SSSR count). The van der Waals surface area contributed by atoms with E-state index in [1.54, 1.807) is 0 Å². The Kier molecular flexibility index (Phi) is 6.01. The molecule has 2 aliphatic heterocycles. The molecule has 2 saturated heterocycles. The van der Waals surface area contributed by atoms with Crippen LogP contribution in [0.15, 0.2) is 35.3 Å². The molecule has 3 atom stereocenters. The van der Waals surface area contributed by atoms with E-state index in [4.69, 9.17) is 4.74 Å². The van der Waals surface area contributed by atoms with E-state index >= 15 is 0 Å². The van der Waals surface area contributed by atoms with Crippen molar-refractivity contribution >= 4 is 35.6 Å². The van der Waals surface area contributed by atoms with Gasteiger partial charge in [-0.3, -0.25) is 4.99 Å². The molecule has 1 aromatic rings. The molecule has 26 heavy (non-hydrogen) atoms. The van der Waals surface area contributed by atoms with Gasteiger partial charge in [0.05, 0.1) is 6.10 Å². The van der Waals surface area contributed by atoms with Crippen LogP contribution in [0.25, 0.3) is 0 Å². The lowest BCUT2D eigenvalue weighted by Crippen LogP contribution is -2.68. The number of anilines is 1. The zero-order valence-corrected chi connectivity index (χ0v) is 18.3. The summed E-state index contributed by atoms with van der Waals surface area (Å²) >= 11 is 0. The molecule has 3 aliphatic rings. The number of halogens is 1. The third-order valence-electron chi connectivity index (χ3n) is 6.30. The van der Waals surface area contributed by atoms with Crippen LogP contribution in [0.5, 0.6) is 0 Å². The number of nitrogens with zero attached hydrogens (tertiary/aromatic N) is 3. The summed E-state index contributed by atoms with van der Waals surface area (Å²) < 4.78 is 5.92. The van der Waals surface area contributed by atoms with Gasteiger partial charge in [-0.15, -0.1) is 24.0 Å². The summed E-state index contributed by atoms with van der Waals surface area (Å²) in [5.74, 6) is 1.69. The molecule has 1 saturated carbocycles. The van der Waals surface area contributed by atoms with E-state index in [2.05, 4.69) is 64.3 Å². The van der Waals surface area contributed by atoms with Crippen LogP contribution in [-0.2, 0) is 4.74 Å². The molecule has 2 heterocycles. The van der Waals surface area contributed by atoms with E-state index < -0.39 is 0 Å². The molecule has 0 radical (unpaired) electrons. The number of aliphatic imine (C=N–C) groups is 1. The highest BCUT2D eigenvalue weighted by Crippen LogP contribution is 2.52. The Hall–Kier alpha value is -1.02. The molecule has 5 nitrogen and oxygen atoms in total. The van der Waals surface area contributed by atoms with E-state index in [1.165, 1.54) is 12.1 Å². The van der Waals surface area contributed by atoms with Gasteiger partial charge in [0.25, 0.3) is 0 Å². The average Bonchev–Trinajstić information content (AvgIpc) is 3.11. The second-order valence-electron chi connectivity index (χ2n) is 8.04. The molecule has 0 amide bonds. The topological polar surface area (TPSA) is 40.1 Å². The Morgan fingerprint density at radius 1 is 1.15 bits per heavy atom. The smallest absolute Gasteiger partial charge is 0.194 e. The number of guanidine groups is 1. The number of rotatable bonds is 2. The molecule has 0 spiro atoms. The van der Waals surface area contributed by atoms with E-state index in [0.29, 0.717) is 18.1 Å². The largest absolute Gasteiger partial charge is 0.377 e. The molecular weight excluding hydrogens is 439 g/mol. The van der Waals surface area contributed by atoms with Crippen molar-refractivity contribution in [3.05, 3.63) is 30.3 Å². The van der Waals surface area contributed by atoms with Gasteiger partial charge in [-0.2, -0.15) is 0 Å². The molecule has 0 aromatic heterocycles. The Morgan fingerprint density at radius 3 is 2.50 bits per heavy atom. The van der Waals surface area contributed by atoms with Gasteiger partial charge in [0.1, 0.15) is 0 Å². The van der Waals surface area contributed by atoms with Crippen LogP contribution < -0.4 is 10.2 Å². The number of para-hydroxylation sites is 1. The summed E-state index contributed by atoms with van der Waals surface area (Å²) in [6.07, 6.45) is 1.59. The quantitative estimate of drug-likeness (QED) is 0.410. The van der Waals surface area contributed by atoms with Crippen molar-refractivity contribution in [3.63, 3.8) is 0 Å². The summed E-state index contributed by atoms with van der Waals surface area (Å²) in [5, 5.41) is 3.77. The molecular formula is C20H31IN4O. The summed E-state index contributed by atoms with van der Waals surface area (Å²) in [6.45, 7) is 9.63. The highest BCUT2D eigenvalue weighted by atomic mass is 127. The summed E-state index contributed by atoms with van der Waals surface area (Å²) in [7, 11) is 1.90. The SMILES string of the molecule is CN=C(NC1C2CCOC2C1(C)C)N1CCN(c2ccccc2)CC1.I. The number of fused-ring (bicyclic) bond motifs is 1. The molecule has 1 N–H and O–H groups in total. The molecule has 6 heteroatoms. The number of nitrogens with one attached hydrogen (secondary N) is 1. The fraction of sp³-hybridized carbons (Fsp3) is 0.650. The van der Waals surface area contributed by atoms with Crippen molar-refractivity contribution in [2.45, 2.75) is 32.4 Å². The third kappa shape index (κ3) is 3.42. The van der Waals surface area contributed by atoms with E-state index in [1.807, 2.05) is 7.05 Å². The predicted molar refractivity (Wildman–Crippen MR) is 118 cm³/mol. The first kappa shape index (κ1) is 19.7. The van der Waals surface area contributed by atoms with E-state index in [9.17, 15) is 0 Å². The average molecular weight is 470 g/mol. The fourth-order valence-corrected chi connectivity index (χ4v) is 4.87. The molecule has 144 valence electrons. The number of piperazine rings is 1. The van der Waals surface area contributed by atoms with Gasteiger partial charge in [-0.25, -0.2) is 0 Å². The van der Waals surface area contributed by atoms with Gasteiger partial charge >= 0.3 is 0 Å². The zero-order chi connectivity index (χ0) is 17.4. The normalized spacial score (nSPS) is 30.3. The monoisotopic (exact) mass is 470 g/mol. The number of hydrogen-bond donors (Lipinski definition) is 1. The van der Waals surface area contributed by atoms with Gasteiger partial charge < -0.3 is 19.9 Å². The van der Waals surface area contributed by atoms with Crippen molar-refractivity contribution < 1.29 is 4.74 Å². The summed E-state index contributed by atoms with van der Waals surface area (Å²) in [4.78, 5) is 9.44. The van der Waals surface area contributed by atoms with Crippen LogP contribution >= 0.6 is 24.0 Å². The maximum absolute atomic E-state index is 5.92. The first-order valence-corrected chi connectivity index (χ1v) is 9.51. The lowest BCUT2D eigenvalue weighted by Gasteiger charge is -2.55. The first-order chi connectivity index (χ1) is 12.1. The van der Waals surface area contributed by atoms with Crippen LogP contribution in [0.1, 0.15) is 20.3 Å². The van der Waals surface area contributed by atoms with Crippen molar-refractivity contribution in [3.8, 4) is 0 Å². The highest BCUT2D eigenvalue weighted by molar-refractivity contribution is 14.0. The second-order valence-corrected chi connectivity index (χ2v) is 8.04.